The van der Waals surface area contributed by atoms with Crippen LogP contribution in [0, 0.1) is 6.92 Å². The first-order chi connectivity index (χ1) is 13.2. The van der Waals surface area contributed by atoms with Crippen molar-refractivity contribution in [2.75, 3.05) is 5.32 Å². The minimum Gasteiger partial charge on any atom is -0.325 e. The van der Waals surface area contributed by atoms with Gasteiger partial charge in [-0.15, -0.1) is 11.3 Å². The molecule has 5 rings (SSSR count). The Balaban J connectivity index is 1.47. The van der Waals surface area contributed by atoms with Crippen molar-refractivity contribution in [3.8, 4) is 10.7 Å². The molecule has 0 bridgehead atoms. The lowest BCUT2D eigenvalue weighted by atomic mass is 10.1. The monoisotopic (exact) mass is 373 g/mol. The molecule has 1 unspecified atom stereocenters. The van der Waals surface area contributed by atoms with Gasteiger partial charge in [-0.2, -0.15) is 0 Å². The SMILES string of the molecule is Cc1cccnc1-c1nc2cc(Nc3ccc4c(n3)C(C)CC4)ncc2s1. The van der Waals surface area contributed by atoms with Gasteiger partial charge in [-0.05, 0) is 48.9 Å². The largest absolute Gasteiger partial charge is 0.325 e. The third-order valence-electron chi connectivity index (χ3n) is 5.07. The van der Waals surface area contributed by atoms with Crippen molar-refractivity contribution in [2.24, 2.45) is 0 Å². The van der Waals surface area contributed by atoms with Gasteiger partial charge in [0.15, 0.2) is 0 Å². The van der Waals surface area contributed by atoms with Crippen LogP contribution in [0.25, 0.3) is 20.9 Å². The number of hydrogen-bond acceptors (Lipinski definition) is 6. The molecule has 1 aliphatic rings. The summed E-state index contributed by atoms with van der Waals surface area (Å²) in [6.07, 6.45) is 5.99. The van der Waals surface area contributed by atoms with Crippen LogP contribution in [0.15, 0.2) is 42.7 Å². The van der Waals surface area contributed by atoms with E-state index in [4.69, 9.17) is 9.97 Å². The second-order valence-electron chi connectivity index (χ2n) is 7.03. The van der Waals surface area contributed by atoms with Gasteiger partial charge in [-0.1, -0.05) is 19.1 Å². The van der Waals surface area contributed by atoms with E-state index >= 15 is 0 Å². The van der Waals surface area contributed by atoms with Crippen LogP contribution >= 0.6 is 11.3 Å². The van der Waals surface area contributed by atoms with Gasteiger partial charge in [0.05, 0.1) is 10.2 Å². The summed E-state index contributed by atoms with van der Waals surface area (Å²) in [5.41, 5.74) is 5.56. The van der Waals surface area contributed by atoms with Gasteiger partial charge in [0.2, 0.25) is 0 Å². The van der Waals surface area contributed by atoms with E-state index in [1.807, 2.05) is 24.4 Å². The maximum Gasteiger partial charge on any atom is 0.143 e. The topological polar surface area (TPSA) is 63.6 Å². The third kappa shape index (κ3) is 2.96. The number of anilines is 2. The van der Waals surface area contributed by atoms with Crippen molar-refractivity contribution in [3.05, 3.63) is 59.5 Å². The number of hydrogen-bond donors (Lipinski definition) is 1. The summed E-state index contributed by atoms with van der Waals surface area (Å²) >= 11 is 1.62. The predicted molar refractivity (Wildman–Crippen MR) is 110 cm³/mol. The van der Waals surface area contributed by atoms with Crippen LogP contribution in [0.3, 0.4) is 0 Å². The second kappa shape index (κ2) is 6.39. The molecule has 0 radical (unpaired) electrons. The normalized spacial score (nSPS) is 15.9. The van der Waals surface area contributed by atoms with Crippen molar-refractivity contribution >= 4 is 33.2 Å². The summed E-state index contributed by atoms with van der Waals surface area (Å²) in [5, 5.41) is 4.26. The Morgan fingerprint density at radius 2 is 2.04 bits per heavy atom. The number of fused-ring (bicyclic) bond motifs is 2. The predicted octanol–water partition coefficient (Wildman–Crippen LogP) is 5.25. The molecule has 0 saturated heterocycles. The molecule has 1 N–H and O–H groups in total. The summed E-state index contributed by atoms with van der Waals surface area (Å²) in [6.45, 7) is 4.30. The summed E-state index contributed by atoms with van der Waals surface area (Å²) in [6, 6.07) is 10.2. The molecule has 4 aromatic rings. The third-order valence-corrected chi connectivity index (χ3v) is 6.08. The molecule has 0 aromatic carbocycles. The van der Waals surface area contributed by atoms with E-state index in [-0.39, 0.29) is 0 Å². The number of pyridine rings is 3. The molecule has 0 saturated carbocycles. The highest BCUT2D eigenvalue weighted by molar-refractivity contribution is 7.21. The maximum atomic E-state index is 4.80. The molecule has 0 aliphatic heterocycles. The van der Waals surface area contributed by atoms with Gasteiger partial charge < -0.3 is 5.32 Å². The number of rotatable bonds is 3. The first kappa shape index (κ1) is 16.3. The number of thiazole rings is 1. The van der Waals surface area contributed by atoms with Crippen molar-refractivity contribution in [2.45, 2.75) is 32.6 Å². The lowest BCUT2D eigenvalue weighted by molar-refractivity contribution is 0.731. The molecule has 4 heterocycles. The summed E-state index contributed by atoms with van der Waals surface area (Å²) < 4.78 is 1.05. The Morgan fingerprint density at radius 1 is 1.11 bits per heavy atom. The molecule has 134 valence electrons. The molecular weight excluding hydrogens is 354 g/mol. The fourth-order valence-electron chi connectivity index (χ4n) is 3.57. The molecular formula is C21H19N5S. The van der Waals surface area contributed by atoms with Crippen LogP contribution in [0.4, 0.5) is 11.6 Å². The fourth-order valence-corrected chi connectivity index (χ4v) is 4.54. The minimum absolute atomic E-state index is 0.528. The zero-order valence-corrected chi connectivity index (χ0v) is 16.0. The Kier molecular flexibility index (Phi) is 3.86. The van der Waals surface area contributed by atoms with E-state index in [1.54, 1.807) is 17.5 Å². The fraction of sp³-hybridized carbons (Fsp3) is 0.238. The van der Waals surface area contributed by atoms with Gasteiger partial charge >= 0.3 is 0 Å². The van der Waals surface area contributed by atoms with E-state index in [1.165, 1.54) is 17.7 Å². The smallest absolute Gasteiger partial charge is 0.143 e. The van der Waals surface area contributed by atoms with Crippen LogP contribution in [0.5, 0.6) is 0 Å². The highest BCUT2D eigenvalue weighted by atomic mass is 32.1. The highest BCUT2D eigenvalue weighted by Crippen LogP contribution is 2.33. The summed E-state index contributed by atoms with van der Waals surface area (Å²) in [7, 11) is 0. The summed E-state index contributed by atoms with van der Waals surface area (Å²) in [4.78, 5) is 18.6. The van der Waals surface area contributed by atoms with E-state index in [2.05, 4.69) is 41.3 Å². The zero-order valence-electron chi connectivity index (χ0n) is 15.2. The van der Waals surface area contributed by atoms with E-state index < -0.39 is 0 Å². The van der Waals surface area contributed by atoms with Crippen molar-refractivity contribution < 1.29 is 0 Å². The molecule has 0 spiro atoms. The highest BCUT2D eigenvalue weighted by Gasteiger charge is 2.20. The van der Waals surface area contributed by atoms with Crippen LogP contribution < -0.4 is 5.32 Å². The van der Waals surface area contributed by atoms with Crippen LogP contribution in [0.1, 0.15) is 36.1 Å². The van der Waals surface area contributed by atoms with Crippen molar-refractivity contribution in [3.63, 3.8) is 0 Å². The first-order valence-electron chi connectivity index (χ1n) is 9.13. The standard InChI is InChI=1S/C21H19N5S/c1-12-4-3-9-22-20(12)21-24-15-10-18(23-11-16(15)27-21)25-17-8-7-14-6-5-13(2)19(14)26-17/h3-4,7-11,13H,5-6H2,1-2H3,(H,23,25,26). The van der Waals surface area contributed by atoms with Gasteiger partial charge in [0, 0.05) is 24.2 Å². The molecule has 5 nitrogen and oxygen atoms in total. The van der Waals surface area contributed by atoms with Gasteiger partial charge in [-0.3, -0.25) is 4.98 Å². The molecule has 1 atom stereocenters. The number of aryl methyl sites for hydroxylation is 2. The van der Waals surface area contributed by atoms with Crippen LogP contribution in [-0.4, -0.2) is 19.9 Å². The number of aromatic nitrogens is 4. The Bertz CT molecular complexity index is 1150. The molecule has 4 aromatic heterocycles. The lowest BCUT2D eigenvalue weighted by Gasteiger charge is -2.08. The second-order valence-corrected chi connectivity index (χ2v) is 8.06. The molecule has 6 heteroatoms. The van der Waals surface area contributed by atoms with Crippen molar-refractivity contribution in [1.29, 1.82) is 0 Å². The lowest BCUT2D eigenvalue weighted by Crippen LogP contribution is -1.99. The van der Waals surface area contributed by atoms with E-state index in [0.29, 0.717) is 5.92 Å². The molecule has 27 heavy (non-hydrogen) atoms. The quantitative estimate of drug-likeness (QED) is 0.531. The average Bonchev–Trinajstić information content (AvgIpc) is 3.25. The van der Waals surface area contributed by atoms with Gasteiger partial charge in [0.1, 0.15) is 22.3 Å². The number of nitrogens with one attached hydrogen (secondary N) is 1. The van der Waals surface area contributed by atoms with Gasteiger partial charge in [0.25, 0.3) is 0 Å². The zero-order chi connectivity index (χ0) is 18.4. The maximum absolute atomic E-state index is 4.80. The number of nitrogens with zero attached hydrogens (tertiary/aromatic N) is 4. The Morgan fingerprint density at radius 3 is 2.93 bits per heavy atom. The van der Waals surface area contributed by atoms with Gasteiger partial charge in [-0.25, -0.2) is 15.0 Å². The van der Waals surface area contributed by atoms with Crippen LogP contribution in [-0.2, 0) is 6.42 Å². The average molecular weight is 373 g/mol. The minimum atomic E-state index is 0.528. The first-order valence-corrected chi connectivity index (χ1v) is 9.94. The van der Waals surface area contributed by atoms with E-state index in [9.17, 15) is 0 Å². The molecule has 1 aliphatic carbocycles. The van der Waals surface area contributed by atoms with Crippen molar-refractivity contribution in [1.82, 2.24) is 19.9 Å². The Hall–Kier alpha value is -2.86. The van der Waals surface area contributed by atoms with Crippen LogP contribution in [0.2, 0.25) is 0 Å². The summed E-state index contributed by atoms with van der Waals surface area (Å²) in [5.74, 6) is 2.13. The molecule has 0 amide bonds. The molecule has 0 fully saturated rings. The Labute approximate surface area is 161 Å². The van der Waals surface area contributed by atoms with E-state index in [0.717, 1.165) is 44.5 Å².